The normalized spacial score (nSPS) is 11.4. The lowest BCUT2D eigenvalue weighted by atomic mass is 10.1. The van der Waals surface area contributed by atoms with Gasteiger partial charge in [-0.15, -0.1) is 0 Å². The monoisotopic (exact) mass is 457 g/mol. The van der Waals surface area contributed by atoms with Crippen molar-refractivity contribution in [2.24, 2.45) is 0 Å². The van der Waals surface area contributed by atoms with E-state index in [-0.39, 0.29) is 22.7 Å². The third-order valence-corrected chi connectivity index (χ3v) is 5.77. The second kappa shape index (κ2) is 11.1. The molecule has 0 saturated heterocycles. The fraction of sp³-hybridized carbons (Fsp3) is 0.542. The molecule has 33 heavy (non-hydrogen) atoms. The van der Waals surface area contributed by atoms with Crippen molar-refractivity contribution in [1.82, 2.24) is 18.7 Å². The number of unbranched alkanes of at least 4 members (excludes halogenated alkanes) is 2. The minimum atomic E-state index is -0.290. The Bertz CT molecular complexity index is 1210. The summed E-state index contributed by atoms with van der Waals surface area (Å²) in [5, 5.41) is 22.5. The topological polar surface area (TPSA) is 114 Å². The number of aromatic nitrogens is 4. The van der Waals surface area contributed by atoms with Gasteiger partial charge in [0.1, 0.15) is 0 Å². The number of imidazole rings is 1. The Labute approximate surface area is 193 Å². The third kappa shape index (κ3) is 5.23. The number of aryl methyl sites for hydroxylation is 2. The van der Waals surface area contributed by atoms with Gasteiger partial charge in [0.05, 0.1) is 0 Å². The molecule has 0 aliphatic heterocycles. The van der Waals surface area contributed by atoms with E-state index in [9.17, 15) is 19.8 Å². The van der Waals surface area contributed by atoms with Crippen LogP contribution in [0.25, 0.3) is 11.2 Å². The van der Waals surface area contributed by atoms with Crippen molar-refractivity contribution < 1.29 is 10.2 Å². The van der Waals surface area contributed by atoms with Crippen molar-refractivity contribution in [3.63, 3.8) is 0 Å². The van der Waals surface area contributed by atoms with Crippen molar-refractivity contribution in [1.29, 1.82) is 0 Å². The van der Waals surface area contributed by atoms with Gasteiger partial charge in [-0.05, 0) is 43.4 Å². The van der Waals surface area contributed by atoms with Gasteiger partial charge in [0, 0.05) is 26.2 Å². The molecule has 0 radical (unpaired) electrons. The molecule has 1 aromatic carbocycles. The number of nitrogens with one attached hydrogen (secondary N) is 1. The largest absolute Gasteiger partial charge is 0.504 e. The predicted octanol–water partition coefficient (Wildman–Crippen LogP) is 3.44. The first-order valence-electron chi connectivity index (χ1n) is 11.9. The maximum Gasteiger partial charge on any atom is 0.332 e. The van der Waals surface area contributed by atoms with Crippen molar-refractivity contribution in [3.05, 3.63) is 44.6 Å². The summed E-state index contributed by atoms with van der Waals surface area (Å²) in [6, 6.07) is 4.74. The first-order chi connectivity index (χ1) is 15.9. The number of hydrogen-bond donors (Lipinski definition) is 3. The second-order valence-corrected chi connectivity index (χ2v) is 8.36. The van der Waals surface area contributed by atoms with Crippen LogP contribution in [0.5, 0.6) is 11.5 Å². The van der Waals surface area contributed by atoms with Crippen LogP contribution in [0.2, 0.25) is 0 Å². The van der Waals surface area contributed by atoms with Crippen LogP contribution in [0, 0.1) is 0 Å². The summed E-state index contributed by atoms with van der Waals surface area (Å²) in [5.74, 6) is 0.254. The van der Waals surface area contributed by atoms with E-state index in [1.54, 1.807) is 10.6 Å². The van der Waals surface area contributed by atoms with Gasteiger partial charge < -0.3 is 20.1 Å². The van der Waals surface area contributed by atoms with E-state index >= 15 is 0 Å². The van der Waals surface area contributed by atoms with Crippen molar-refractivity contribution in [2.75, 3.05) is 11.9 Å². The Morgan fingerprint density at radius 3 is 2.21 bits per heavy atom. The van der Waals surface area contributed by atoms with Gasteiger partial charge in [-0.2, -0.15) is 4.98 Å². The summed E-state index contributed by atoms with van der Waals surface area (Å²) in [6.45, 7) is 8.19. The average molecular weight is 458 g/mol. The minimum absolute atomic E-state index is 0.152. The number of hydrogen-bond acceptors (Lipinski definition) is 6. The van der Waals surface area contributed by atoms with E-state index in [4.69, 9.17) is 4.98 Å². The molecular formula is C24H35N5O4. The maximum absolute atomic E-state index is 13.4. The van der Waals surface area contributed by atoms with Crippen LogP contribution in [-0.2, 0) is 26.1 Å². The van der Waals surface area contributed by atoms with E-state index in [1.165, 1.54) is 16.7 Å². The average Bonchev–Trinajstić information content (AvgIpc) is 3.14. The highest BCUT2D eigenvalue weighted by Crippen LogP contribution is 2.25. The first-order valence-corrected chi connectivity index (χ1v) is 11.9. The van der Waals surface area contributed by atoms with Gasteiger partial charge in [0.25, 0.3) is 5.56 Å². The van der Waals surface area contributed by atoms with Crippen molar-refractivity contribution in [3.8, 4) is 11.5 Å². The molecule has 0 spiro atoms. The summed E-state index contributed by atoms with van der Waals surface area (Å²) >= 11 is 0. The number of rotatable bonds is 12. The van der Waals surface area contributed by atoms with Gasteiger partial charge in [-0.25, -0.2) is 4.79 Å². The molecule has 0 unspecified atom stereocenters. The summed E-state index contributed by atoms with van der Waals surface area (Å²) in [4.78, 5) is 31.2. The Balaban J connectivity index is 2.02. The zero-order valence-electron chi connectivity index (χ0n) is 19.8. The summed E-state index contributed by atoms with van der Waals surface area (Å²) < 4.78 is 4.89. The lowest BCUT2D eigenvalue weighted by Gasteiger charge is -2.12. The fourth-order valence-corrected chi connectivity index (χ4v) is 3.94. The number of aromatic hydroxyl groups is 2. The molecule has 0 atom stereocenters. The molecule has 0 amide bonds. The summed E-state index contributed by atoms with van der Waals surface area (Å²) in [6.07, 6.45) is 4.83. The molecule has 0 aliphatic carbocycles. The van der Waals surface area contributed by atoms with E-state index in [1.807, 2.05) is 18.4 Å². The molecule has 180 valence electrons. The Hall–Kier alpha value is -3.23. The highest BCUT2D eigenvalue weighted by atomic mass is 16.3. The third-order valence-electron chi connectivity index (χ3n) is 5.77. The summed E-state index contributed by atoms with van der Waals surface area (Å²) in [5.41, 5.74) is 1.19. The zero-order chi connectivity index (χ0) is 24.0. The van der Waals surface area contributed by atoms with Crippen molar-refractivity contribution in [2.45, 2.75) is 78.9 Å². The molecule has 0 saturated carbocycles. The quantitative estimate of drug-likeness (QED) is 0.359. The van der Waals surface area contributed by atoms with Crippen LogP contribution in [-0.4, -0.2) is 35.4 Å². The van der Waals surface area contributed by atoms with Crippen LogP contribution in [0.1, 0.15) is 58.4 Å². The molecule has 0 fully saturated rings. The highest BCUT2D eigenvalue weighted by molar-refractivity contribution is 5.74. The van der Waals surface area contributed by atoms with Gasteiger partial charge in [0.15, 0.2) is 22.7 Å². The van der Waals surface area contributed by atoms with E-state index in [0.717, 1.165) is 37.7 Å². The van der Waals surface area contributed by atoms with Crippen LogP contribution in [0.4, 0.5) is 5.95 Å². The number of phenolic OH excluding ortho intramolecular Hbond substituents is 2. The second-order valence-electron chi connectivity index (χ2n) is 8.36. The standard InChI is InChI=1S/C24H35N5O4/c1-4-7-14-28-21-20(22(32)29(24(28)33)15-8-5-2)27(13-6-3)23(26-21)25-12-11-17-9-10-18(30)19(31)16-17/h9-10,16,30-31H,4-8,11-15H2,1-3H3,(H,25,26). The number of benzene rings is 1. The molecule has 9 heteroatoms. The SMILES string of the molecule is CCCCn1c(=O)c2c(nc(NCCc3ccc(O)c(O)c3)n2CCC)n(CCCC)c1=O. The lowest BCUT2D eigenvalue weighted by Crippen LogP contribution is -2.40. The zero-order valence-corrected chi connectivity index (χ0v) is 19.8. The van der Waals surface area contributed by atoms with Gasteiger partial charge in [-0.3, -0.25) is 13.9 Å². The molecule has 9 nitrogen and oxygen atoms in total. The van der Waals surface area contributed by atoms with Gasteiger partial charge in [0.2, 0.25) is 5.95 Å². The highest BCUT2D eigenvalue weighted by Gasteiger charge is 2.21. The Kier molecular flexibility index (Phi) is 8.19. The Morgan fingerprint density at radius 1 is 0.879 bits per heavy atom. The lowest BCUT2D eigenvalue weighted by molar-refractivity contribution is 0.403. The molecular weight excluding hydrogens is 422 g/mol. The number of nitrogens with zero attached hydrogens (tertiary/aromatic N) is 4. The van der Waals surface area contributed by atoms with E-state index < -0.39 is 0 Å². The van der Waals surface area contributed by atoms with Crippen LogP contribution in [0.15, 0.2) is 27.8 Å². The number of phenols is 2. The van der Waals surface area contributed by atoms with Gasteiger partial charge >= 0.3 is 5.69 Å². The first kappa shape index (κ1) is 24.4. The molecule has 0 bridgehead atoms. The smallest absolute Gasteiger partial charge is 0.332 e. The van der Waals surface area contributed by atoms with Crippen molar-refractivity contribution >= 4 is 17.1 Å². The maximum atomic E-state index is 13.4. The van der Waals surface area contributed by atoms with Crippen LogP contribution < -0.4 is 16.6 Å². The molecule has 3 aromatic rings. The Morgan fingerprint density at radius 2 is 1.58 bits per heavy atom. The molecule has 0 aliphatic rings. The number of anilines is 1. The van der Waals surface area contributed by atoms with E-state index in [0.29, 0.717) is 49.7 Å². The number of fused-ring (bicyclic) bond motifs is 1. The van der Waals surface area contributed by atoms with Crippen LogP contribution >= 0.6 is 0 Å². The van der Waals surface area contributed by atoms with E-state index in [2.05, 4.69) is 12.2 Å². The predicted molar refractivity (Wildman–Crippen MR) is 130 cm³/mol. The van der Waals surface area contributed by atoms with Gasteiger partial charge in [-0.1, -0.05) is 39.7 Å². The molecule has 3 rings (SSSR count). The fourth-order valence-electron chi connectivity index (χ4n) is 3.94. The summed E-state index contributed by atoms with van der Waals surface area (Å²) in [7, 11) is 0. The molecule has 2 aromatic heterocycles. The molecule has 2 heterocycles. The molecule has 3 N–H and O–H groups in total. The van der Waals surface area contributed by atoms with Crippen LogP contribution in [0.3, 0.4) is 0 Å². The minimum Gasteiger partial charge on any atom is -0.504 e.